The van der Waals surface area contributed by atoms with Gasteiger partial charge < -0.3 is 9.64 Å². The van der Waals surface area contributed by atoms with Crippen molar-refractivity contribution in [2.45, 2.75) is 38.2 Å². The second-order valence-electron chi connectivity index (χ2n) is 3.94. The second kappa shape index (κ2) is 7.17. The molecule has 6 heteroatoms. The van der Waals surface area contributed by atoms with Crippen molar-refractivity contribution in [3.8, 4) is 6.07 Å². The van der Waals surface area contributed by atoms with Gasteiger partial charge in [-0.25, -0.2) is 8.78 Å². The minimum absolute atomic E-state index is 0.0160. The Labute approximate surface area is 99.1 Å². The number of piperidine rings is 1. The van der Waals surface area contributed by atoms with Crippen LogP contribution >= 0.6 is 0 Å². The molecule has 0 N–H and O–H groups in total. The molecule has 96 valence electrons. The maximum Gasteiger partial charge on any atom is 0.261 e. The molecule has 0 spiro atoms. The molecule has 0 aromatic carbocycles. The highest BCUT2D eigenvalue weighted by molar-refractivity contribution is 5.77. The number of ether oxygens (including phenoxy) is 1. The van der Waals surface area contributed by atoms with Gasteiger partial charge in [0.05, 0.1) is 19.1 Å². The van der Waals surface area contributed by atoms with E-state index in [-0.39, 0.29) is 25.0 Å². The highest BCUT2D eigenvalue weighted by atomic mass is 19.3. The molecule has 4 nitrogen and oxygen atoms in total. The van der Waals surface area contributed by atoms with Crippen LogP contribution in [0, 0.1) is 11.3 Å². The number of amides is 1. The zero-order valence-corrected chi connectivity index (χ0v) is 9.57. The van der Waals surface area contributed by atoms with Crippen LogP contribution in [0.5, 0.6) is 0 Å². The van der Waals surface area contributed by atoms with Crippen molar-refractivity contribution < 1.29 is 18.3 Å². The third-order valence-electron chi connectivity index (χ3n) is 2.68. The molecular weight excluding hydrogens is 230 g/mol. The number of nitrogens with zero attached hydrogens (tertiary/aromatic N) is 2. The van der Waals surface area contributed by atoms with Crippen LogP contribution in [-0.4, -0.2) is 43.0 Å². The number of hydrogen-bond acceptors (Lipinski definition) is 3. The minimum atomic E-state index is -2.51. The van der Waals surface area contributed by atoms with Gasteiger partial charge in [0.2, 0.25) is 5.91 Å². The average Bonchev–Trinajstić information content (AvgIpc) is 2.34. The lowest BCUT2D eigenvalue weighted by atomic mass is 10.0. The third-order valence-corrected chi connectivity index (χ3v) is 2.68. The predicted octanol–water partition coefficient (Wildman–Crippen LogP) is 1.56. The summed E-state index contributed by atoms with van der Waals surface area (Å²) in [6.45, 7) is -0.0846. The van der Waals surface area contributed by atoms with Gasteiger partial charge in [-0.05, 0) is 19.3 Å². The minimum Gasteiger partial charge on any atom is -0.375 e. The van der Waals surface area contributed by atoms with Gasteiger partial charge in [0.25, 0.3) is 6.43 Å². The van der Waals surface area contributed by atoms with Gasteiger partial charge in [0.1, 0.15) is 12.6 Å². The number of halogens is 2. The largest absolute Gasteiger partial charge is 0.375 e. The summed E-state index contributed by atoms with van der Waals surface area (Å²) >= 11 is 0. The van der Waals surface area contributed by atoms with E-state index < -0.39 is 13.0 Å². The van der Waals surface area contributed by atoms with Gasteiger partial charge in [-0.15, -0.1) is 0 Å². The second-order valence-corrected chi connectivity index (χ2v) is 3.94. The lowest BCUT2D eigenvalue weighted by Gasteiger charge is -2.31. The number of carbonyl (C=O) groups excluding carboxylic acids is 1. The molecular formula is C11H16F2N2O2. The molecule has 0 aromatic heterocycles. The summed E-state index contributed by atoms with van der Waals surface area (Å²) in [6, 6.07) is 1.72. The van der Waals surface area contributed by atoms with Gasteiger partial charge in [-0.1, -0.05) is 0 Å². The third kappa shape index (κ3) is 4.65. The van der Waals surface area contributed by atoms with E-state index in [1.807, 2.05) is 0 Å². The quantitative estimate of drug-likeness (QED) is 0.692. The lowest BCUT2D eigenvalue weighted by molar-refractivity contribution is -0.135. The van der Waals surface area contributed by atoms with Crippen molar-refractivity contribution in [2.24, 2.45) is 0 Å². The number of nitriles is 1. The van der Waals surface area contributed by atoms with Crippen molar-refractivity contribution in [1.82, 2.24) is 4.90 Å². The fourth-order valence-corrected chi connectivity index (χ4v) is 1.84. The first-order chi connectivity index (χ1) is 8.15. The van der Waals surface area contributed by atoms with E-state index >= 15 is 0 Å². The number of likely N-dealkylation sites (tertiary alicyclic amines) is 1. The smallest absolute Gasteiger partial charge is 0.261 e. The normalized spacial score (nSPS) is 20.4. The van der Waals surface area contributed by atoms with E-state index in [1.54, 1.807) is 0 Å². The van der Waals surface area contributed by atoms with E-state index in [0.717, 1.165) is 12.8 Å². The molecule has 0 radical (unpaired) electrons. The van der Waals surface area contributed by atoms with Crippen molar-refractivity contribution in [3.63, 3.8) is 0 Å². The zero-order valence-electron chi connectivity index (χ0n) is 9.57. The first-order valence-electron chi connectivity index (χ1n) is 5.70. The predicted molar refractivity (Wildman–Crippen MR) is 56.4 cm³/mol. The van der Waals surface area contributed by atoms with Crippen LogP contribution in [0.1, 0.15) is 25.7 Å². The zero-order chi connectivity index (χ0) is 12.7. The number of hydrogen-bond donors (Lipinski definition) is 0. The molecule has 0 saturated carbocycles. The SMILES string of the molecule is N#CC1CCCCN1C(=O)CCOCC(F)F. The summed E-state index contributed by atoms with van der Waals surface area (Å²) in [6.07, 6.45) is 0.0865. The van der Waals surface area contributed by atoms with Crippen molar-refractivity contribution in [3.05, 3.63) is 0 Å². The first kappa shape index (κ1) is 13.8. The Morgan fingerprint density at radius 3 is 2.94 bits per heavy atom. The molecule has 1 heterocycles. The Bertz CT molecular complexity index is 292. The summed E-state index contributed by atoms with van der Waals surface area (Å²) < 4.78 is 28.2. The summed E-state index contributed by atoms with van der Waals surface area (Å²) in [5, 5.41) is 8.88. The Morgan fingerprint density at radius 1 is 1.53 bits per heavy atom. The molecule has 1 unspecified atom stereocenters. The van der Waals surface area contributed by atoms with Gasteiger partial charge >= 0.3 is 0 Å². The Hall–Kier alpha value is -1.22. The van der Waals surface area contributed by atoms with Crippen molar-refractivity contribution >= 4 is 5.91 Å². The molecule has 0 aliphatic carbocycles. The maximum absolute atomic E-state index is 11.8. The molecule has 1 aliphatic heterocycles. The van der Waals surface area contributed by atoms with Crippen LogP contribution in [0.15, 0.2) is 0 Å². The summed E-state index contributed by atoms with van der Waals surface area (Å²) in [4.78, 5) is 13.2. The number of alkyl halides is 2. The van der Waals surface area contributed by atoms with Crippen LogP contribution in [-0.2, 0) is 9.53 Å². The van der Waals surface area contributed by atoms with E-state index in [9.17, 15) is 13.6 Å². The molecule has 1 fully saturated rings. The van der Waals surface area contributed by atoms with E-state index in [1.165, 1.54) is 4.90 Å². The average molecular weight is 246 g/mol. The summed E-state index contributed by atoms with van der Waals surface area (Å²) in [5.41, 5.74) is 0. The van der Waals surface area contributed by atoms with Crippen LogP contribution in [0.25, 0.3) is 0 Å². The van der Waals surface area contributed by atoms with Gasteiger partial charge in [-0.2, -0.15) is 5.26 Å². The molecule has 1 atom stereocenters. The highest BCUT2D eigenvalue weighted by Gasteiger charge is 2.25. The molecule has 1 saturated heterocycles. The first-order valence-corrected chi connectivity index (χ1v) is 5.70. The molecule has 17 heavy (non-hydrogen) atoms. The van der Waals surface area contributed by atoms with E-state index in [4.69, 9.17) is 5.26 Å². The van der Waals surface area contributed by atoms with Gasteiger partial charge in [0.15, 0.2) is 0 Å². The Balaban J connectivity index is 2.28. The fourth-order valence-electron chi connectivity index (χ4n) is 1.84. The molecule has 1 aliphatic rings. The van der Waals surface area contributed by atoms with Crippen molar-refractivity contribution in [2.75, 3.05) is 19.8 Å². The molecule has 1 rings (SSSR count). The van der Waals surface area contributed by atoms with Crippen LogP contribution in [0.4, 0.5) is 8.78 Å². The lowest BCUT2D eigenvalue weighted by Crippen LogP contribution is -2.43. The standard InChI is InChI=1S/C11H16F2N2O2/c12-10(13)8-17-6-4-11(16)15-5-2-1-3-9(15)7-14/h9-10H,1-6,8H2. The van der Waals surface area contributed by atoms with Gasteiger partial charge in [-0.3, -0.25) is 4.79 Å². The maximum atomic E-state index is 11.8. The number of carbonyl (C=O) groups is 1. The monoisotopic (exact) mass is 246 g/mol. The van der Waals surface area contributed by atoms with Crippen LogP contribution in [0.2, 0.25) is 0 Å². The Morgan fingerprint density at radius 2 is 2.29 bits per heavy atom. The summed E-state index contributed by atoms with van der Waals surface area (Å²) in [7, 11) is 0. The molecule has 0 bridgehead atoms. The van der Waals surface area contributed by atoms with Gasteiger partial charge in [0, 0.05) is 6.54 Å². The number of rotatable bonds is 5. The Kier molecular flexibility index (Phi) is 5.84. The molecule has 1 amide bonds. The van der Waals surface area contributed by atoms with Crippen LogP contribution < -0.4 is 0 Å². The van der Waals surface area contributed by atoms with E-state index in [0.29, 0.717) is 13.0 Å². The molecule has 0 aromatic rings. The highest BCUT2D eigenvalue weighted by Crippen LogP contribution is 2.17. The fraction of sp³-hybridized carbons (Fsp3) is 0.818. The van der Waals surface area contributed by atoms with Crippen molar-refractivity contribution in [1.29, 1.82) is 5.26 Å². The van der Waals surface area contributed by atoms with E-state index in [2.05, 4.69) is 10.8 Å². The van der Waals surface area contributed by atoms with Crippen LogP contribution in [0.3, 0.4) is 0 Å². The topological polar surface area (TPSA) is 53.3 Å². The summed E-state index contributed by atoms with van der Waals surface area (Å²) in [5.74, 6) is -0.189.